The molecule has 0 radical (unpaired) electrons. The van der Waals surface area contributed by atoms with E-state index in [0.29, 0.717) is 0 Å². The van der Waals surface area contributed by atoms with Gasteiger partial charge in [0.2, 0.25) is 0 Å². The van der Waals surface area contributed by atoms with Crippen LogP contribution in [0.3, 0.4) is 0 Å². The SMILES string of the molecule is Cc1ccc(C(=O)C2C=CC=C2)cc1. The number of benzene rings is 1. The minimum atomic E-state index is -0.0577. The van der Waals surface area contributed by atoms with Crippen molar-refractivity contribution in [3.05, 3.63) is 59.7 Å². The highest BCUT2D eigenvalue weighted by Gasteiger charge is 2.15. The van der Waals surface area contributed by atoms with Crippen LogP contribution in [0.15, 0.2) is 48.6 Å². The first-order valence-electron chi connectivity index (χ1n) is 4.73. The average Bonchev–Trinajstić information content (AvgIpc) is 2.71. The summed E-state index contributed by atoms with van der Waals surface area (Å²) in [5.41, 5.74) is 1.97. The molecule has 0 atom stereocenters. The smallest absolute Gasteiger partial charge is 0.173 e. The fraction of sp³-hybridized carbons (Fsp3) is 0.154. The molecular weight excluding hydrogens is 172 g/mol. The molecule has 2 rings (SSSR count). The zero-order chi connectivity index (χ0) is 9.97. The van der Waals surface area contributed by atoms with Gasteiger partial charge in [0.1, 0.15) is 0 Å². The number of hydrogen-bond acceptors (Lipinski definition) is 1. The van der Waals surface area contributed by atoms with E-state index in [-0.39, 0.29) is 11.7 Å². The lowest BCUT2D eigenvalue weighted by Gasteiger charge is -2.04. The number of rotatable bonds is 2. The minimum absolute atomic E-state index is 0.0577. The van der Waals surface area contributed by atoms with Crippen molar-refractivity contribution < 1.29 is 4.79 Å². The molecule has 1 aromatic carbocycles. The van der Waals surface area contributed by atoms with Crippen LogP contribution in [0.4, 0.5) is 0 Å². The van der Waals surface area contributed by atoms with Crippen molar-refractivity contribution in [3.63, 3.8) is 0 Å². The molecule has 0 bridgehead atoms. The maximum atomic E-state index is 11.9. The van der Waals surface area contributed by atoms with E-state index in [4.69, 9.17) is 0 Å². The highest BCUT2D eigenvalue weighted by Crippen LogP contribution is 2.16. The summed E-state index contributed by atoms with van der Waals surface area (Å²) in [4.78, 5) is 11.9. The van der Waals surface area contributed by atoms with E-state index in [2.05, 4.69) is 0 Å². The van der Waals surface area contributed by atoms with Crippen molar-refractivity contribution in [2.24, 2.45) is 5.92 Å². The number of aryl methyl sites for hydroxylation is 1. The van der Waals surface area contributed by atoms with E-state index >= 15 is 0 Å². The Balaban J connectivity index is 2.23. The Hall–Kier alpha value is -1.63. The van der Waals surface area contributed by atoms with Crippen LogP contribution in [0, 0.1) is 12.8 Å². The van der Waals surface area contributed by atoms with E-state index in [1.165, 1.54) is 5.56 Å². The second-order valence-electron chi connectivity index (χ2n) is 3.53. The molecule has 1 aliphatic rings. The third-order valence-electron chi connectivity index (χ3n) is 2.39. The summed E-state index contributed by atoms with van der Waals surface area (Å²) in [5, 5.41) is 0. The van der Waals surface area contributed by atoms with Crippen LogP contribution in [0.2, 0.25) is 0 Å². The first-order valence-corrected chi connectivity index (χ1v) is 4.73. The summed E-state index contributed by atoms with van der Waals surface area (Å²) in [6.07, 6.45) is 7.66. The van der Waals surface area contributed by atoms with Crippen molar-refractivity contribution in [2.45, 2.75) is 6.92 Å². The Morgan fingerprint density at radius 1 is 1.07 bits per heavy atom. The van der Waals surface area contributed by atoms with Gasteiger partial charge in [-0.15, -0.1) is 0 Å². The number of hydrogen-bond donors (Lipinski definition) is 0. The molecule has 0 saturated carbocycles. The summed E-state index contributed by atoms with van der Waals surface area (Å²) in [6, 6.07) is 7.71. The van der Waals surface area contributed by atoms with Crippen LogP contribution < -0.4 is 0 Å². The summed E-state index contributed by atoms with van der Waals surface area (Å²) < 4.78 is 0. The maximum absolute atomic E-state index is 11.9. The molecule has 1 aliphatic carbocycles. The predicted octanol–water partition coefficient (Wildman–Crippen LogP) is 2.92. The van der Waals surface area contributed by atoms with Gasteiger partial charge >= 0.3 is 0 Å². The van der Waals surface area contributed by atoms with Gasteiger partial charge in [-0.3, -0.25) is 4.79 Å². The molecule has 0 amide bonds. The number of carbonyl (C=O) groups is 1. The lowest BCUT2D eigenvalue weighted by atomic mass is 9.98. The molecule has 0 heterocycles. The normalized spacial score (nSPS) is 14.9. The standard InChI is InChI=1S/C13H12O/c1-10-6-8-12(9-7-10)13(14)11-4-2-3-5-11/h2-9,11H,1H3. The predicted molar refractivity (Wildman–Crippen MR) is 57.3 cm³/mol. The van der Waals surface area contributed by atoms with Crippen molar-refractivity contribution in [3.8, 4) is 0 Å². The highest BCUT2D eigenvalue weighted by molar-refractivity contribution is 6.00. The minimum Gasteiger partial charge on any atom is -0.293 e. The molecule has 0 aromatic heterocycles. The van der Waals surface area contributed by atoms with Crippen molar-refractivity contribution in [2.75, 3.05) is 0 Å². The van der Waals surface area contributed by atoms with Crippen LogP contribution in [0.5, 0.6) is 0 Å². The van der Waals surface area contributed by atoms with Crippen molar-refractivity contribution in [1.29, 1.82) is 0 Å². The van der Waals surface area contributed by atoms with Crippen LogP contribution in [-0.2, 0) is 0 Å². The zero-order valence-corrected chi connectivity index (χ0v) is 8.10. The fourth-order valence-corrected chi connectivity index (χ4v) is 1.52. The van der Waals surface area contributed by atoms with Gasteiger partial charge in [-0.25, -0.2) is 0 Å². The molecule has 1 nitrogen and oxygen atoms in total. The Kier molecular flexibility index (Phi) is 2.32. The Labute approximate surface area is 83.8 Å². The van der Waals surface area contributed by atoms with Crippen molar-refractivity contribution in [1.82, 2.24) is 0 Å². The molecule has 70 valence electrons. The highest BCUT2D eigenvalue weighted by atomic mass is 16.1. The summed E-state index contributed by atoms with van der Waals surface area (Å²) in [7, 11) is 0. The summed E-state index contributed by atoms with van der Waals surface area (Å²) >= 11 is 0. The van der Waals surface area contributed by atoms with E-state index in [1.807, 2.05) is 55.5 Å². The second-order valence-corrected chi connectivity index (χ2v) is 3.53. The molecule has 0 aliphatic heterocycles. The molecule has 1 heteroatoms. The molecular formula is C13H12O. The van der Waals surface area contributed by atoms with Crippen molar-refractivity contribution >= 4 is 5.78 Å². The molecule has 1 aromatic rings. The monoisotopic (exact) mass is 184 g/mol. The van der Waals surface area contributed by atoms with E-state index in [1.54, 1.807) is 0 Å². The molecule has 0 N–H and O–H groups in total. The molecule has 0 unspecified atom stereocenters. The molecule has 0 spiro atoms. The van der Waals surface area contributed by atoms with Crippen LogP contribution in [0.1, 0.15) is 15.9 Å². The third-order valence-corrected chi connectivity index (χ3v) is 2.39. The molecule has 0 fully saturated rings. The number of ketones is 1. The summed E-state index contributed by atoms with van der Waals surface area (Å²) in [5.74, 6) is 0.118. The second kappa shape index (κ2) is 3.62. The number of carbonyl (C=O) groups excluding carboxylic acids is 1. The van der Waals surface area contributed by atoms with Gasteiger partial charge < -0.3 is 0 Å². The topological polar surface area (TPSA) is 17.1 Å². The van der Waals surface area contributed by atoms with Crippen LogP contribution in [0.25, 0.3) is 0 Å². The van der Waals surface area contributed by atoms with Gasteiger partial charge in [-0.2, -0.15) is 0 Å². The van der Waals surface area contributed by atoms with Gasteiger partial charge in [0, 0.05) is 5.56 Å². The quantitative estimate of drug-likeness (QED) is 0.646. The maximum Gasteiger partial charge on any atom is 0.173 e. The van der Waals surface area contributed by atoms with Gasteiger partial charge in [-0.05, 0) is 6.92 Å². The lowest BCUT2D eigenvalue weighted by molar-refractivity contribution is 0.0966. The van der Waals surface area contributed by atoms with Gasteiger partial charge in [0.25, 0.3) is 0 Å². The molecule has 0 saturated heterocycles. The third kappa shape index (κ3) is 1.67. The number of Topliss-reactive ketones (excluding diaryl/α,β-unsaturated/α-hetero) is 1. The molecule has 14 heavy (non-hydrogen) atoms. The van der Waals surface area contributed by atoms with Gasteiger partial charge in [-0.1, -0.05) is 54.1 Å². The lowest BCUT2D eigenvalue weighted by Crippen LogP contribution is -2.08. The fourth-order valence-electron chi connectivity index (χ4n) is 1.52. The van der Waals surface area contributed by atoms with Gasteiger partial charge in [0.15, 0.2) is 5.78 Å². The zero-order valence-electron chi connectivity index (χ0n) is 8.10. The largest absolute Gasteiger partial charge is 0.293 e. The average molecular weight is 184 g/mol. The van der Waals surface area contributed by atoms with E-state index in [9.17, 15) is 4.79 Å². The summed E-state index contributed by atoms with van der Waals surface area (Å²) in [6.45, 7) is 2.02. The number of allylic oxidation sites excluding steroid dienone is 4. The Morgan fingerprint density at radius 3 is 2.21 bits per heavy atom. The van der Waals surface area contributed by atoms with Crippen LogP contribution >= 0.6 is 0 Å². The van der Waals surface area contributed by atoms with E-state index in [0.717, 1.165) is 5.56 Å². The Bertz CT molecular complexity index is 384. The first-order chi connectivity index (χ1) is 6.77. The van der Waals surface area contributed by atoms with E-state index < -0.39 is 0 Å². The first kappa shape index (κ1) is 8.95. The Morgan fingerprint density at radius 2 is 1.64 bits per heavy atom. The van der Waals surface area contributed by atoms with Gasteiger partial charge in [0.05, 0.1) is 5.92 Å². The van der Waals surface area contributed by atoms with Crippen LogP contribution in [-0.4, -0.2) is 5.78 Å².